The first-order chi connectivity index (χ1) is 12.0. The van der Waals surface area contributed by atoms with E-state index < -0.39 is 0 Å². The van der Waals surface area contributed by atoms with Crippen molar-refractivity contribution in [3.63, 3.8) is 0 Å². The van der Waals surface area contributed by atoms with Crippen LogP contribution in [0.25, 0.3) is 11.0 Å². The molecule has 0 bridgehead atoms. The van der Waals surface area contributed by atoms with Crippen molar-refractivity contribution in [3.8, 4) is 5.75 Å². The van der Waals surface area contributed by atoms with Crippen molar-refractivity contribution >= 4 is 11.0 Å². The van der Waals surface area contributed by atoms with Crippen molar-refractivity contribution in [1.29, 1.82) is 0 Å². The Balaban J connectivity index is 1.71. The first kappa shape index (κ1) is 17.2. The van der Waals surface area contributed by atoms with Crippen LogP contribution in [0.1, 0.15) is 16.7 Å². The number of benzene rings is 2. The van der Waals surface area contributed by atoms with E-state index in [1.165, 1.54) is 10.5 Å². The molecule has 1 N–H and O–H groups in total. The Bertz CT molecular complexity index is 916. The maximum Gasteiger partial charge on any atom is 0.336 e. The molecule has 1 atom stereocenters. The van der Waals surface area contributed by atoms with Gasteiger partial charge in [0.2, 0.25) is 0 Å². The van der Waals surface area contributed by atoms with Crippen molar-refractivity contribution in [2.75, 3.05) is 20.2 Å². The maximum absolute atomic E-state index is 11.9. The zero-order valence-electron chi connectivity index (χ0n) is 15.0. The summed E-state index contributed by atoms with van der Waals surface area (Å²) in [5, 5.41) is 1.02. The van der Waals surface area contributed by atoms with Crippen LogP contribution in [0.2, 0.25) is 0 Å². The van der Waals surface area contributed by atoms with E-state index in [4.69, 9.17) is 9.15 Å². The van der Waals surface area contributed by atoms with Gasteiger partial charge < -0.3 is 14.1 Å². The van der Waals surface area contributed by atoms with Crippen LogP contribution in [0.4, 0.5) is 0 Å². The van der Waals surface area contributed by atoms with E-state index in [2.05, 4.69) is 20.0 Å². The summed E-state index contributed by atoms with van der Waals surface area (Å²) in [6.07, 6.45) is 0. The molecule has 0 fully saturated rings. The van der Waals surface area contributed by atoms with E-state index in [0.717, 1.165) is 35.4 Å². The molecule has 1 unspecified atom stereocenters. The van der Waals surface area contributed by atoms with Gasteiger partial charge in [-0.3, -0.25) is 0 Å². The maximum atomic E-state index is 11.9. The largest absolute Gasteiger partial charge is 0.488 e. The molecule has 0 spiro atoms. The van der Waals surface area contributed by atoms with Gasteiger partial charge in [0.15, 0.2) is 0 Å². The number of aryl methyl sites for hydroxylation is 2. The van der Waals surface area contributed by atoms with Gasteiger partial charge in [-0.1, -0.05) is 18.2 Å². The lowest BCUT2D eigenvalue weighted by atomic mass is 10.0. The third-order valence-corrected chi connectivity index (χ3v) is 4.48. The molecule has 0 saturated carbocycles. The minimum atomic E-state index is -0.293. The van der Waals surface area contributed by atoms with Crippen molar-refractivity contribution in [2.24, 2.45) is 0 Å². The summed E-state index contributed by atoms with van der Waals surface area (Å²) in [5.41, 5.74) is 3.72. The molecule has 0 radical (unpaired) electrons. The standard InChI is InChI=1S/C21H23NO3/c1-15-11-19-17(13-21(23)25-20(19)12-16(15)2)14-22(3)9-10-24-18-7-5-4-6-8-18/h4-8,11-13H,9-10,14H2,1-3H3/p+1. The van der Waals surface area contributed by atoms with Crippen LogP contribution in [0, 0.1) is 13.8 Å². The molecule has 0 aliphatic heterocycles. The summed E-state index contributed by atoms with van der Waals surface area (Å²) < 4.78 is 11.1. The number of likely N-dealkylation sites (N-methyl/N-ethyl adjacent to an activating group) is 1. The van der Waals surface area contributed by atoms with Gasteiger partial charge in [0.25, 0.3) is 0 Å². The van der Waals surface area contributed by atoms with E-state index in [9.17, 15) is 4.79 Å². The van der Waals surface area contributed by atoms with Gasteiger partial charge >= 0.3 is 5.63 Å². The Labute approximate surface area is 147 Å². The van der Waals surface area contributed by atoms with Crippen LogP contribution in [-0.4, -0.2) is 20.2 Å². The molecule has 0 amide bonds. The molecule has 3 aromatic rings. The number of quaternary nitrogens is 1. The Morgan fingerprint density at radius 3 is 2.52 bits per heavy atom. The highest BCUT2D eigenvalue weighted by atomic mass is 16.5. The highest BCUT2D eigenvalue weighted by Gasteiger charge is 2.12. The van der Waals surface area contributed by atoms with Gasteiger partial charge in [0.05, 0.1) is 7.05 Å². The third-order valence-electron chi connectivity index (χ3n) is 4.48. The number of ether oxygens (including phenoxy) is 1. The molecule has 130 valence electrons. The predicted molar refractivity (Wildman–Crippen MR) is 99.4 cm³/mol. The van der Waals surface area contributed by atoms with Crippen LogP contribution in [0.5, 0.6) is 5.75 Å². The minimum Gasteiger partial charge on any atom is -0.488 e. The van der Waals surface area contributed by atoms with Crippen molar-refractivity contribution in [1.82, 2.24) is 0 Å². The zero-order chi connectivity index (χ0) is 17.8. The van der Waals surface area contributed by atoms with E-state index in [1.54, 1.807) is 6.07 Å². The number of para-hydroxylation sites is 1. The van der Waals surface area contributed by atoms with E-state index >= 15 is 0 Å². The van der Waals surface area contributed by atoms with Gasteiger partial charge in [0, 0.05) is 17.0 Å². The average Bonchev–Trinajstić information content (AvgIpc) is 2.57. The molecule has 3 rings (SSSR count). The van der Waals surface area contributed by atoms with E-state index in [1.807, 2.05) is 43.3 Å². The van der Waals surface area contributed by atoms with Crippen LogP contribution >= 0.6 is 0 Å². The van der Waals surface area contributed by atoms with Gasteiger partial charge in [-0.2, -0.15) is 0 Å². The SMILES string of the molecule is Cc1cc2oc(=O)cc(C[NH+](C)CCOc3ccccc3)c2cc1C. The van der Waals surface area contributed by atoms with E-state index in [-0.39, 0.29) is 5.63 Å². The van der Waals surface area contributed by atoms with Gasteiger partial charge in [-0.25, -0.2) is 4.79 Å². The molecule has 25 heavy (non-hydrogen) atoms. The number of rotatable bonds is 6. The Morgan fingerprint density at radius 2 is 1.76 bits per heavy atom. The lowest BCUT2D eigenvalue weighted by Gasteiger charge is -2.16. The second kappa shape index (κ2) is 7.53. The second-order valence-corrected chi connectivity index (χ2v) is 6.57. The van der Waals surface area contributed by atoms with Gasteiger partial charge in [0.1, 0.15) is 31.0 Å². The highest BCUT2D eigenvalue weighted by Crippen LogP contribution is 2.21. The summed E-state index contributed by atoms with van der Waals surface area (Å²) in [6, 6.07) is 15.5. The zero-order valence-corrected chi connectivity index (χ0v) is 15.0. The lowest BCUT2D eigenvalue weighted by Crippen LogP contribution is -3.08. The lowest BCUT2D eigenvalue weighted by molar-refractivity contribution is -0.893. The molecule has 1 heterocycles. The summed E-state index contributed by atoms with van der Waals surface area (Å²) in [4.78, 5) is 13.2. The Morgan fingerprint density at radius 1 is 1.04 bits per heavy atom. The smallest absolute Gasteiger partial charge is 0.336 e. The predicted octanol–water partition coefficient (Wildman–Crippen LogP) is 2.50. The number of nitrogens with one attached hydrogen (secondary N) is 1. The summed E-state index contributed by atoms with van der Waals surface area (Å²) in [5.74, 6) is 0.882. The Hall–Kier alpha value is -2.59. The highest BCUT2D eigenvalue weighted by molar-refractivity contribution is 5.81. The normalized spacial score (nSPS) is 12.3. The van der Waals surface area contributed by atoms with Crippen LogP contribution in [-0.2, 0) is 6.54 Å². The summed E-state index contributed by atoms with van der Waals surface area (Å²) in [7, 11) is 2.11. The van der Waals surface area contributed by atoms with Crippen molar-refractivity contribution < 1.29 is 14.1 Å². The number of hydrogen-bond acceptors (Lipinski definition) is 3. The summed E-state index contributed by atoms with van der Waals surface area (Å²) in [6.45, 7) is 6.34. The number of hydrogen-bond donors (Lipinski definition) is 1. The first-order valence-electron chi connectivity index (χ1n) is 8.56. The molecular formula is C21H24NO3+. The Kier molecular flexibility index (Phi) is 5.19. The number of fused-ring (bicyclic) bond motifs is 1. The van der Waals surface area contributed by atoms with Crippen LogP contribution in [0.15, 0.2) is 57.7 Å². The minimum absolute atomic E-state index is 0.293. The molecule has 1 aromatic heterocycles. The summed E-state index contributed by atoms with van der Waals surface area (Å²) >= 11 is 0. The molecule has 0 aliphatic carbocycles. The molecule has 2 aromatic carbocycles. The average molecular weight is 338 g/mol. The van der Waals surface area contributed by atoms with Crippen molar-refractivity contribution in [3.05, 3.63) is 75.6 Å². The van der Waals surface area contributed by atoms with Crippen LogP contribution < -0.4 is 15.3 Å². The van der Waals surface area contributed by atoms with Gasteiger partial charge in [-0.15, -0.1) is 0 Å². The van der Waals surface area contributed by atoms with Gasteiger partial charge in [-0.05, 0) is 49.2 Å². The van der Waals surface area contributed by atoms with Crippen molar-refractivity contribution in [2.45, 2.75) is 20.4 Å². The molecule has 0 saturated heterocycles. The second-order valence-electron chi connectivity index (χ2n) is 6.57. The first-order valence-corrected chi connectivity index (χ1v) is 8.56. The molecule has 0 aliphatic rings. The fourth-order valence-corrected chi connectivity index (χ4v) is 2.90. The molecule has 4 nitrogen and oxygen atoms in total. The fraction of sp³-hybridized carbons (Fsp3) is 0.286. The topological polar surface area (TPSA) is 43.9 Å². The fourth-order valence-electron chi connectivity index (χ4n) is 2.90. The third kappa shape index (κ3) is 4.28. The molecule has 4 heteroatoms. The quantitative estimate of drug-likeness (QED) is 0.703. The molecular weight excluding hydrogens is 314 g/mol. The van der Waals surface area contributed by atoms with E-state index in [0.29, 0.717) is 12.2 Å². The van der Waals surface area contributed by atoms with Crippen LogP contribution in [0.3, 0.4) is 0 Å². The monoisotopic (exact) mass is 338 g/mol.